The van der Waals surface area contributed by atoms with E-state index in [2.05, 4.69) is 26.5 Å². The van der Waals surface area contributed by atoms with Crippen molar-refractivity contribution in [3.8, 4) is 11.8 Å². The Morgan fingerprint density at radius 2 is 1.93 bits per heavy atom. The lowest BCUT2D eigenvalue weighted by atomic mass is 9.90. The number of aromatic nitrogens is 3. The van der Waals surface area contributed by atoms with E-state index in [9.17, 15) is 10.1 Å². The first kappa shape index (κ1) is 21.2. The summed E-state index contributed by atoms with van der Waals surface area (Å²) in [6.45, 7) is 7.53. The number of para-hydroxylation sites is 1. The van der Waals surface area contributed by atoms with Crippen molar-refractivity contribution < 1.29 is 4.79 Å². The minimum atomic E-state index is -0.885. The zero-order valence-electron chi connectivity index (χ0n) is 17.3. The lowest BCUT2D eigenvalue weighted by molar-refractivity contribution is -0.120. The van der Waals surface area contributed by atoms with Gasteiger partial charge in [-0.15, -0.1) is 10.2 Å². The molecule has 1 fully saturated rings. The molecule has 3 rings (SSSR count). The van der Waals surface area contributed by atoms with Gasteiger partial charge in [-0.25, -0.2) is 0 Å². The van der Waals surface area contributed by atoms with Gasteiger partial charge in [0.05, 0.1) is 17.5 Å². The first-order valence-electron chi connectivity index (χ1n) is 10.1. The fourth-order valence-corrected chi connectivity index (χ4v) is 3.96. The maximum Gasteiger partial charge on any atom is 0.232 e. The second-order valence-corrected chi connectivity index (χ2v) is 8.75. The number of nitrogens with one attached hydrogen (secondary N) is 1. The van der Waals surface area contributed by atoms with Crippen LogP contribution >= 0.6 is 11.8 Å². The van der Waals surface area contributed by atoms with Crippen molar-refractivity contribution in [3.05, 3.63) is 30.3 Å². The third-order valence-corrected chi connectivity index (χ3v) is 6.32. The molecule has 0 unspecified atom stereocenters. The maximum absolute atomic E-state index is 12.5. The van der Waals surface area contributed by atoms with Gasteiger partial charge in [-0.3, -0.25) is 9.36 Å². The van der Waals surface area contributed by atoms with E-state index in [4.69, 9.17) is 0 Å². The van der Waals surface area contributed by atoms with Crippen LogP contribution in [0.15, 0.2) is 35.5 Å². The fraction of sp³-hybridized carbons (Fsp3) is 0.524. The Balaban J connectivity index is 1.80. The molecule has 1 aromatic heterocycles. The second-order valence-electron chi connectivity index (χ2n) is 7.81. The van der Waals surface area contributed by atoms with E-state index in [1.807, 2.05) is 48.7 Å². The van der Waals surface area contributed by atoms with Crippen LogP contribution in [0.1, 0.15) is 40.0 Å². The van der Waals surface area contributed by atoms with Crippen LogP contribution in [0, 0.1) is 17.2 Å². The van der Waals surface area contributed by atoms with E-state index in [-0.39, 0.29) is 17.6 Å². The molecule has 0 bridgehead atoms. The molecule has 0 spiro atoms. The molecule has 1 saturated heterocycles. The van der Waals surface area contributed by atoms with E-state index in [0.717, 1.165) is 37.6 Å². The number of hydrogen-bond donors (Lipinski definition) is 1. The Bertz CT molecular complexity index is 869. The van der Waals surface area contributed by atoms with Gasteiger partial charge in [0, 0.05) is 13.1 Å². The van der Waals surface area contributed by atoms with Gasteiger partial charge in [0.1, 0.15) is 5.54 Å². The van der Waals surface area contributed by atoms with Crippen molar-refractivity contribution in [2.75, 3.05) is 23.7 Å². The molecule has 8 heteroatoms. The molecule has 0 radical (unpaired) electrons. The number of rotatable bonds is 7. The van der Waals surface area contributed by atoms with Crippen molar-refractivity contribution in [3.63, 3.8) is 0 Å². The van der Waals surface area contributed by atoms with E-state index < -0.39 is 5.54 Å². The number of amides is 1. The van der Waals surface area contributed by atoms with Gasteiger partial charge in [-0.1, -0.05) is 43.8 Å². The number of carbonyl (C=O) groups excluding carboxylic acids is 1. The van der Waals surface area contributed by atoms with Gasteiger partial charge in [0.2, 0.25) is 11.9 Å². The minimum Gasteiger partial charge on any atom is -0.341 e. The van der Waals surface area contributed by atoms with Gasteiger partial charge < -0.3 is 10.2 Å². The number of benzene rings is 1. The van der Waals surface area contributed by atoms with Gasteiger partial charge in [0.15, 0.2) is 5.16 Å². The molecule has 154 valence electrons. The van der Waals surface area contributed by atoms with Crippen LogP contribution < -0.4 is 10.2 Å². The van der Waals surface area contributed by atoms with Gasteiger partial charge >= 0.3 is 0 Å². The number of hydrogen-bond acceptors (Lipinski definition) is 6. The van der Waals surface area contributed by atoms with Crippen LogP contribution in [0.3, 0.4) is 0 Å². The molecule has 7 nitrogen and oxygen atoms in total. The molecule has 1 aromatic carbocycles. The first-order chi connectivity index (χ1) is 13.9. The summed E-state index contributed by atoms with van der Waals surface area (Å²) < 4.78 is 2.02. The summed E-state index contributed by atoms with van der Waals surface area (Å²) >= 11 is 1.34. The highest BCUT2D eigenvalue weighted by Gasteiger charge is 2.30. The predicted molar refractivity (Wildman–Crippen MR) is 115 cm³/mol. The average Bonchev–Trinajstić information content (AvgIpc) is 3.17. The molecule has 0 saturated carbocycles. The van der Waals surface area contributed by atoms with Crippen LogP contribution in [0.5, 0.6) is 0 Å². The number of piperidine rings is 1. The highest BCUT2D eigenvalue weighted by atomic mass is 32.2. The molecule has 2 heterocycles. The number of carbonyl (C=O) groups is 1. The minimum absolute atomic E-state index is 0.0140. The van der Waals surface area contributed by atoms with Gasteiger partial charge in [-0.2, -0.15) is 5.26 Å². The highest BCUT2D eigenvalue weighted by Crippen LogP contribution is 2.28. The van der Waals surface area contributed by atoms with Gasteiger partial charge in [0.25, 0.3) is 0 Å². The monoisotopic (exact) mass is 412 g/mol. The molecule has 1 N–H and O–H groups in total. The summed E-state index contributed by atoms with van der Waals surface area (Å²) in [5, 5.41) is 21.8. The molecule has 1 atom stereocenters. The van der Waals surface area contributed by atoms with Crippen LogP contribution in [0.4, 0.5) is 5.95 Å². The number of nitrogens with zero attached hydrogens (tertiary/aromatic N) is 5. The van der Waals surface area contributed by atoms with E-state index >= 15 is 0 Å². The second kappa shape index (κ2) is 9.31. The molecule has 0 aliphatic carbocycles. The summed E-state index contributed by atoms with van der Waals surface area (Å²) in [7, 11) is 0. The smallest absolute Gasteiger partial charge is 0.232 e. The lowest BCUT2D eigenvalue weighted by Crippen LogP contribution is -2.49. The normalized spacial score (nSPS) is 16.3. The Morgan fingerprint density at radius 3 is 2.55 bits per heavy atom. The highest BCUT2D eigenvalue weighted by molar-refractivity contribution is 7.99. The van der Waals surface area contributed by atoms with Gasteiger partial charge in [-0.05, 0) is 44.2 Å². The summed E-state index contributed by atoms with van der Waals surface area (Å²) in [6.07, 6.45) is 3.54. The van der Waals surface area contributed by atoms with Crippen LogP contribution in [0.2, 0.25) is 0 Å². The van der Waals surface area contributed by atoms with Crippen molar-refractivity contribution in [2.24, 2.45) is 5.92 Å². The van der Waals surface area contributed by atoms with Crippen LogP contribution in [0.25, 0.3) is 5.69 Å². The third-order valence-electron chi connectivity index (χ3n) is 5.39. The first-order valence-corrected chi connectivity index (χ1v) is 11.0. The summed E-state index contributed by atoms with van der Waals surface area (Å²) in [6, 6.07) is 12.2. The molecule has 2 aromatic rings. The number of anilines is 1. The summed E-state index contributed by atoms with van der Waals surface area (Å²) in [5.74, 6) is 0.826. The third kappa shape index (κ3) is 4.91. The predicted octanol–water partition coefficient (Wildman–Crippen LogP) is 3.40. The van der Waals surface area contributed by atoms with Crippen molar-refractivity contribution in [1.29, 1.82) is 5.26 Å². The topological polar surface area (TPSA) is 86.8 Å². The van der Waals surface area contributed by atoms with Crippen molar-refractivity contribution >= 4 is 23.6 Å². The SMILES string of the molecule is CC(C)[C@@](C)(C#N)NC(=O)CSc1nnc(N2CCCCC2)n1-c1ccccc1. The molecule has 1 aliphatic rings. The Morgan fingerprint density at radius 1 is 1.24 bits per heavy atom. The lowest BCUT2D eigenvalue weighted by Gasteiger charge is -2.28. The molecule has 29 heavy (non-hydrogen) atoms. The van der Waals surface area contributed by atoms with E-state index in [1.165, 1.54) is 18.2 Å². The van der Waals surface area contributed by atoms with Crippen molar-refractivity contribution in [1.82, 2.24) is 20.1 Å². The maximum atomic E-state index is 12.5. The zero-order valence-corrected chi connectivity index (χ0v) is 18.1. The fourth-order valence-electron chi connectivity index (χ4n) is 3.21. The van der Waals surface area contributed by atoms with Crippen molar-refractivity contribution in [2.45, 2.75) is 50.7 Å². The number of nitriles is 1. The standard InChI is InChI=1S/C21H28N6OS/c1-16(2)21(3,15-22)23-18(28)14-29-20-25-24-19(26-12-8-5-9-13-26)27(20)17-10-6-4-7-11-17/h4,6-7,10-11,16H,5,8-9,12-14H2,1-3H3,(H,23,28)/t21-/m1/s1. The summed E-state index contributed by atoms with van der Waals surface area (Å²) in [5.41, 5.74) is 0.0917. The Hall–Kier alpha value is -2.53. The molecule has 1 amide bonds. The molecular weight excluding hydrogens is 384 g/mol. The Labute approximate surface area is 176 Å². The molecular formula is C21H28N6OS. The number of thioether (sulfide) groups is 1. The zero-order chi connectivity index (χ0) is 20.9. The quantitative estimate of drug-likeness (QED) is 0.702. The van der Waals surface area contributed by atoms with E-state index in [1.54, 1.807) is 6.92 Å². The molecule has 1 aliphatic heterocycles. The van der Waals surface area contributed by atoms with Crippen LogP contribution in [-0.4, -0.2) is 45.1 Å². The summed E-state index contributed by atoms with van der Waals surface area (Å²) in [4.78, 5) is 14.8. The largest absolute Gasteiger partial charge is 0.341 e. The Kier molecular flexibility index (Phi) is 6.80. The van der Waals surface area contributed by atoms with E-state index in [0.29, 0.717) is 5.16 Å². The van der Waals surface area contributed by atoms with Crippen LogP contribution in [-0.2, 0) is 4.79 Å². The average molecular weight is 413 g/mol.